The number of ether oxygens (including phenoxy) is 1. The molecule has 0 saturated carbocycles. The smallest absolute Gasteiger partial charge is 0.416 e. The van der Waals surface area contributed by atoms with Crippen LogP contribution in [0.3, 0.4) is 0 Å². The molecular formula is C19H14BrF3N2O3. The zero-order chi connectivity index (χ0) is 20.9. The average Bonchev–Trinajstić information content (AvgIpc) is 2.62. The third-order valence-corrected chi connectivity index (χ3v) is 3.94. The lowest BCUT2D eigenvalue weighted by Gasteiger charge is -2.11. The first-order chi connectivity index (χ1) is 13.2. The number of anilines is 1. The van der Waals surface area contributed by atoms with Gasteiger partial charge in [0.25, 0.3) is 5.91 Å². The van der Waals surface area contributed by atoms with Gasteiger partial charge in [0.15, 0.2) is 11.5 Å². The van der Waals surface area contributed by atoms with Gasteiger partial charge in [0.1, 0.15) is 11.6 Å². The highest BCUT2D eigenvalue weighted by Gasteiger charge is 2.30. The van der Waals surface area contributed by atoms with Crippen molar-refractivity contribution in [2.75, 3.05) is 11.9 Å². The normalized spacial score (nSPS) is 11.6. The fraction of sp³-hybridized carbons (Fsp3) is 0.158. The Kier molecular flexibility index (Phi) is 6.70. The van der Waals surface area contributed by atoms with Gasteiger partial charge in [0.05, 0.1) is 12.2 Å². The highest BCUT2D eigenvalue weighted by Crippen LogP contribution is 2.35. The van der Waals surface area contributed by atoms with Crippen molar-refractivity contribution in [3.63, 3.8) is 0 Å². The van der Waals surface area contributed by atoms with Crippen LogP contribution in [0, 0.1) is 11.3 Å². The lowest BCUT2D eigenvalue weighted by Crippen LogP contribution is -2.14. The standard InChI is InChI=1S/C19H14BrF3N2O3/c1-2-28-16-9-14(20)7-11(17(16)26)6-12(10-24)18(27)25-15-5-3-4-13(8-15)19(21,22)23/h3-9,26H,2H2,1H3,(H,25,27)/b12-6-. The van der Waals surface area contributed by atoms with Crippen LogP contribution in [0.15, 0.2) is 46.4 Å². The number of benzene rings is 2. The van der Waals surface area contributed by atoms with E-state index >= 15 is 0 Å². The quantitative estimate of drug-likeness (QED) is 0.485. The number of phenols is 1. The third kappa shape index (κ3) is 5.27. The van der Waals surface area contributed by atoms with Crippen molar-refractivity contribution in [2.24, 2.45) is 0 Å². The van der Waals surface area contributed by atoms with Gasteiger partial charge in [-0.05, 0) is 43.3 Å². The monoisotopic (exact) mass is 454 g/mol. The van der Waals surface area contributed by atoms with Crippen LogP contribution in [-0.2, 0) is 11.0 Å². The van der Waals surface area contributed by atoms with E-state index in [2.05, 4.69) is 21.2 Å². The summed E-state index contributed by atoms with van der Waals surface area (Å²) in [6, 6.07) is 8.70. The van der Waals surface area contributed by atoms with Crippen LogP contribution >= 0.6 is 15.9 Å². The van der Waals surface area contributed by atoms with Gasteiger partial charge >= 0.3 is 6.18 Å². The van der Waals surface area contributed by atoms with Crippen molar-refractivity contribution in [3.05, 3.63) is 57.6 Å². The maximum atomic E-state index is 12.8. The van der Waals surface area contributed by atoms with E-state index in [1.54, 1.807) is 13.0 Å². The highest BCUT2D eigenvalue weighted by molar-refractivity contribution is 9.10. The van der Waals surface area contributed by atoms with Gasteiger partial charge in [0, 0.05) is 15.7 Å². The van der Waals surface area contributed by atoms with Crippen LogP contribution in [0.1, 0.15) is 18.1 Å². The van der Waals surface area contributed by atoms with E-state index in [0.717, 1.165) is 24.3 Å². The molecule has 0 bridgehead atoms. The Labute approximate surface area is 167 Å². The number of rotatable bonds is 5. The minimum atomic E-state index is -4.56. The van der Waals surface area contributed by atoms with Crippen molar-refractivity contribution >= 4 is 33.6 Å². The number of nitriles is 1. The molecule has 0 atom stereocenters. The zero-order valence-corrected chi connectivity index (χ0v) is 16.1. The van der Waals surface area contributed by atoms with Crippen LogP contribution in [0.5, 0.6) is 11.5 Å². The summed E-state index contributed by atoms with van der Waals surface area (Å²) in [5.74, 6) is -1.04. The van der Waals surface area contributed by atoms with Crippen LogP contribution in [0.2, 0.25) is 0 Å². The third-order valence-electron chi connectivity index (χ3n) is 3.48. The molecule has 2 rings (SSSR count). The Hall–Kier alpha value is -2.99. The number of phenolic OH excluding ortho intramolecular Hbond substituents is 1. The van der Waals surface area contributed by atoms with E-state index in [1.807, 2.05) is 0 Å². The number of carbonyl (C=O) groups is 1. The second-order valence-corrected chi connectivity index (χ2v) is 6.39. The molecule has 0 unspecified atom stereocenters. The van der Waals surface area contributed by atoms with Crippen molar-refractivity contribution < 1.29 is 27.8 Å². The molecule has 2 aromatic carbocycles. The number of aromatic hydroxyl groups is 1. The van der Waals surface area contributed by atoms with Crippen molar-refractivity contribution in [2.45, 2.75) is 13.1 Å². The zero-order valence-electron chi connectivity index (χ0n) is 14.5. The number of carbonyl (C=O) groups excluding carboxylic acids is 1. The van der Waals surface area contributed by atoms with Crippen molar-refractivity contribution in [1.29, 1.82) is 5.26 Å². The fourth-order valence-corrected chi connectivity index (χ4v) is 2.70. The summed E-state index contributed by atoms with van der Waals surface area (Å²) >= 11 is 3.24. The number of nitrogens with zero attached hydrogens (tertiary/aromatic N) is 1. The van der Waals surface area contributed by atoms with Crippen LogP contribution in [0.25, 0.3) is 6.08 Å². The summed E-state index contributed by atoms with van der Waals surface area (Å²) < 4.78 is 44.2. The molecule has 0 aliphatic heterocycles. The molecule has 0 fully saturated rings. The van der Waals surface area contributed by atoms with Crippen molar-refractivity contribution in [1.82, 2.24) is 0 Å². The molecule has 1 amide bonds. The molecule has 2 aromatic rings. The Morgan fingerprint density at radius 1 is 1.36 bits per heavy atom. The van der Waals surface area contributed by atoms with Gasteiger partial charge in [-0.3, -0.25) is 4.79 Å². The number of hydrogen-bond donors (Lipinski definition) is 2. The molecule has 146 valence electrons. The molecule has 0 aliphatic carbocycles. The predicted octanol–water partition coefficient (Wildman–Crippen LogP) is 5.12. The summed E-state index contributed by atoms with van der Waals surface area (Å²) in [5.41, 5.74) is -1.32. The summed E-state index contributed by atoms with van der Waals surface area (Å²) in [7, 11) is 0. The Morgan fingerprint density at radius 2 is 2.07 bits per heavy atom. The van der Waals surface area contributed by atoms with E-state index in [9.17, 15) is 28.3 Å². The van der Waals surface area contributed by atoms with Crippen LogP contribution < -0.4 is 10.1 Å². The molecule has 0 saturated heterocycles. The van der Waals surface area contributed by atoms with Gasteiger partial charge in [-0.25, -0.2) is 0 Å². The summed E-state index contributed by atoms with van der Waals surface area (Å²) in [4.78, 5) is 12.3. The second kappa shape index (κ2) is 8.80. The van der Waals surface area contributed by atoms with Crippen LogP contribution in [0.4, 0.5) is 18.9 Å². The molecule has 5 nitrogen and oxygen atoms in total. The largest absolute Gasteiger partial charge is 0.504 e. The minimum Gasteiger partial charge on any atom is -0.504 e. The molecule has 0 heterocycles. The van der Waals surface area contributed by atoms with Crippen molar-refractivity contribution in [3.8, 4) is 17.6 Å². The van der Waals surface area contributed by atoms with Gasteiger partial charge in [0.2, 0.25) is 0 Å². The average molecular weight is 455 g/mol. The van der Waals surface area contributed by atoms with Gasteiger partial charge < -0.3 is 15.2 Å². The Balaban J connectivity index is 2.34. The molecule has 0 aliphatic rings. The topological polar surface area (TPSA) is 82.3 Å². The first kappa shape index (κ1) is 21.3. The molecule has 0 radical (unpaired) electrons. The fourth-order valence-electron chi connectivity index (χ4n) is 2.25. The van der Waals surface area contributed by atoms with Gasteiger partial charge in [-0.15, -0.1) is 0 Å². The number of hydrogen-bond acceptors (Lipinski definition) is 4. The van der Waals surface area contributed by atoms with Crippen LogP contribution in [-0.4, -0.2) is 17.6 Å². The van der Waals surface area contributed by atoms with E-state index in [0.29, 0.717) is 4.47 Å². The predicted molar refractivity (Wildman–Crippen MR) is 101 cm³/mol. The van der Waals surface area contributed by atoms with E-state index < -0.39 is 23.2 Å². The number of amides is 1. The Bertz CT molecular complexity index is 966. The molecule has 9 heteroatoms. The molecule has 0 aromatic heterocycles. The molecule has 0 spiro atoms. The molecular weight excluding hydrogens is 441 g/mol. The highest BCUT2D eigenvalue weighted by atomic mass is 79.9. The molecule has 28 heavy (non-hydrogen) atoms. The maximum Gasteiger partial charge on any atom is 0.416 e. The Morgan fingerprint density at radius 3 is 2.68 bits per heavy atom. The number of halogens is 4. The summed E-state index contributed by atoms with van der Waals surface area (Å²) in [5, 5.41) is 21.7. The van der Waals surface area contributed by atoms with E-state index in [-0.39, 0.29) is 29.4 Å². The maximum absolute atomic E-state index is 12.8. The molecule has 2 N–H and O–H groups in total. The minimum absolute atomic E-state index is 0.116. The first-order valence-corrected chi connectivity index (χ1v) is 8.70. The van der Waals surface area contributed by atoms with Gasteiger partial charge in [-0.2, -0.15) is 18.4 Å². The SMILES string of the molecule is CCOc1cc(Br)cc(/C=C(/C#N)C(=O)Nc2cccc(C(F)(F)F)c2)c1O. The summed E-state index contributed by atoms with van der Waals surface area (Å²) in [6.45, 7) is 2.01. The first-order valence-electron chi connectivity index (χ1n) is 7.91. The van der Waals surface area contributed by atoms with Gasteiger partial charge in [-0.1, -0.05) is 22.0 Å². The lowest BCUT2D eigenvalue weighted by molar-refractivity contribution is -0.137. The lowest BCUT2D eigenvalue weighted by atomic mass is 10.1. The number of alkyl halides is 3. The van der Waals surface area contributed by atoms with E-state index in [4.69, 9.17) is 4.74 Å². The number of nitrogens with one attached hydrogen (secondary N) is 1. The summed E-state index contributed by atoms with van der Waals surface area (Å²) in [6.07, 6.45) is -3.45. The second-order valence-electron chi connectivity index (χ2n) is 5.48. The van der Waals surface area contributed by atoms with E-state index in [1.165, 1.54) is 18.2 Å².